The Morgan fingerprint density at radius 3 is 2.14 bits per heavy atom. The second kappa shape index (κ2) is 10.0. The van der Waals surface area contributed by atoms with E-state index in [2.05, 4.69) is 23.9 Å². The van der Waals surface area contributed by atoms with Gasteiger partial charge in [-0.1, -0.05) is 42.5 Å². The number of rotatable bonds is 7. The van der Waals surface area contributed by atoms with E-state index in [9.17, 15) is 13.2 Å². The van der Waals surface area contributed by atoms with Crippen LogP contribution < -0.4 is 4.90 Å². The van der Waals surface area contributed by atoms with Crippen LogP contribution in [0.15, 0.2) is 66.7 Å². The second-order valence-electron chi connectivity index (χ2n) is 9.08. The maximum Gasteiger partial charge on any atom is 0.416 e. The minimum atomic E-state index is -4.39. The molecule has 4 nitrogen and oxygen atoms in total. The minimum absolute atomic E-state index is 0.500. The molecule has 0 amide bonds. The van der Waals surface area contributed by atoms with Crippen molar-refractivity contribution in [2.75, 3.05) is 39.1 Å². The van der Waals surface area contributed by atoms with Crippen molar-refractivity contribution in [1.82, 2.24) is 14.9 Å². The molecule has 4 rings (SSSR count). The van der Waals surface area contributed by atoms with Gasteiger partial charge >= 0.3 is 6.18 Å². The molecule has 0 aliphatic carbocycles. The molecule has 0 fully saturated rings. The molecule has 1 aromatic heterocycles. The van der Waals surface area contributed by atoms with Crippen LogP contribution in [0.25, 0.3) is 33.4 Å². The molecule has 7 heteroatoms. The Morgan fingerprint density at radius 1 is 0.771 bits per heavy atom. The van der Waals surface area contributed by atoms with Gasteiger partial charge in [0.25, 0.3) is 0 Å². The smallest absolute Gasteiger partial charge is 0.359 e. The van der Waals surface area contributed by atoms with Crippen LogP contribution in [0.1, 0.15) is 17.5 Å². The number of aromatic nitrogens is 2. The Morgan fingerprint density at radius 2 is 1.43 bits per heavy atom. The molecule has 3 aromatic carbocycles. The summed E-state index contributed by atoms with van der Waals surface area (Å²) in [7, 11) is 6.14. The summed E-state index contributed by atoms with van der Waals surface area (Å²) in [5, 5.41) is 0.982. The predicted octanol–water partition coefficient (Wildman–Crippen LogP) is 6.68. The third-order valence-electron chi connectivity index (χ3n) is 6.01. The molecule has 0 atom stereocenters. The molecule has 0 unspecified atom stereocenters. The Balaban J connectivity index is 1.77. The van der Waals surface area contributed by atoms with Crippen LogP contribution >= 0.6 is 0 Å². The third-order valence-corrected chi connectivity index (χ3v) is 6.01. The van der Waals surface area contributed by atoms with Crippen LogP contribution in [0.5, 0.6) is 0 Å². The standard InChI is InChI=1S/C28H29F3N4/c1-19-9-5-14-24-25(19)32-26(33-27(24)35(4)16-8-15-34(2)3)22-12-6-10-20(17-22)21-11-7-13-23(18-21)28(29,30)31/h5-7,9-14,17-18H,8,15-16H2,1-4H3. The topological polar surface area (TPSA) is 32.3 Å². The fourth-order valence-corrected chi connectivity index (χ4v) is 4.14. The largest absolute Gasteiger partial charge is 0.416 e. The van der Waals surface area contributed by atoms with Crippen molar-refractivity contribution < 1.29 is 13.2 Å². The summed E-state index contributed by atoms with van der Waals surface area (Å²) in [6, 6.07) is 18.8. The van der Waals surface area contributed by atoms with Crippen molar-refractivity contribution in [3.63, 3.8) is 0 Å². The summed E-state index contributed by atoms with van der Waals surface area (Å²) in [6.07, 6.45) is -3.40. The number of alkyl halides is 3. The van der Waals surface area contributed by atoms with Gasteiger partial charge in [-0.15, -0.1) is 0 Å². The van der Waals surface area contributed by atoms with E-state index in [0.29, 0.717) is 17.0 Å². The molecule has 0 radical (unpaired) electrons. The van der Waals surface area contributed by atoms with Gasteiger partial charge in [0.15, 0.2) is 5.82 Å². The molecular weight excluding hydrogens is 449 g/mol. The third kappa shape index (κ3) is 5.62. The van der Waals surface area contributed by atoms with Crippen molar-refractivity contribution in [3.8, 4) is 22.5 Å². The first kappa shape index (κ1) is 24.7. The molecule has 0 saturated carbocycles. The second-order valence-corrected chi connectivity index (χ2v) is 9.08. The van der Waals surface area contributed by atoms with E-state index in [0.717, 1.165) is 53.4 Å². The number of fused-ring (bicyclic) bond motifs is 1. The Hall–Kier alpha value is -3.45. The molecule has 0 aliphatic heterocycles. The van der Waals surface area contributed by atoms with Gasteiger partial charge in [-0.05, 0) is 74.9 Å². The number of benzene rings is 3. The van der Waals surface area contributed by atoms with Gasteiger partial charge in [0.1, 0.15) is 5.82 Å². The van der Waals surface area contributed by atoms with Crippen LogP contribution in [0.3, 0.4) is 0 Å². The summed E-state index contributed by atoms with van der Waals surface area (Å²) in [5.41, 5.74) is 3.19. The molecular formula is C28H29F3N4. The van der Waals surface area contributed by atoms with Crippen LogP contribution in [-0.4, -0.2) is 49.1 Å². The van der Waals surface area contributed by atoms with Crippen molar-refractivity contribution in [2.24, 2.45) is 0 Å². The Labute approximate surface area is 204 Å². The summed E-state index contributed by atoms with van der Waals surface area (Å²) < 4.78 is 39.7. The number of nitrogens with zero attached hydrogens (tertiary/aromatic N) is 4. The lowest BCUT2D eigenvalue weighted by Gasteiger charge is -2.22. The lowest BCUT2D eigenvalue weighted by Crippen LogP contribution is -2.24. The van der Waals surface area contributed by atoms with Gasteiger partial charge < -0.3 is 9.80 Å². The molecule has 0 spiro atoms. The van der Waals surface area contributed by atoms with E-state index in [1.807, 2.05) is 50.4 Å². The highest BCUT2D eigenvalue weighted by Crippen LogP contribution is 2.34. The molecule has 35 heavy (non-hydrogen) atoms. The first-order valence-electron chi connectivity index (χ1n) is 11.5. The Bertz CT molecular complexity index is 1330. The zero-order chi connectivity index (χ0) is 25.2. The zero-order valence-electron chi connectivity index (χ0n) is 20.4. The first-order valence-corrected chi connectivity index (χ1v) is 11.5. The van der Waals surface area contributed by atoms with E-state index >= 15 is 0 Å². The fourth-order valence-electron chi connectivity index (χ4n) is 4.14. The number of hydrogen-bond acceptors (Lipinski definition) is 4. The maximum absolute atomic E-state index is 13.2. The fraction of sp³-hybridized carbons (Fsp3) is 0.286. The highest BCUT2D eigenvalue weighted by molar-refractivity contribution is 5.93. The molecule has 0 bridgehead atoms. The van der Waals surface area contributed by atoms with Gasteiger partial charge in [0.2, 0.25) is 0 Å². The lowest BCUT2D eigenvalue weighted by molar-refractivity contribution is -0.137. The number of para-hydroxylation sites is 1. The summed E-state index contributed by atoms with van der Waals surface area (Å²) >= 11 is 0. The van der Waals surface area contributed by atoms with E-state index in [4.69, 9.17) is 9.97 Å². The molecule has 4 aromatic rings. The van der Waals surface area contributed by atoms with Crippen molar-refractivity contribution >= 4 is 16.7 Å². The first-order chi connectivity index (χ1) is 16.6. The van der Waals surface area contributed by atoms with Crippen molar-refractivity contribution in [1.29, 1.82) is 0 Å². The van der Waals surface area contributed by atoms with Gasteiger partial charge in [0, 0.05) is 24.5 Å². The zero-order valence-corrected chi connectivity index (χ0v) is 20.4. The normalized spacial score (nSPS) is 11.9. The average molecular weight is 479 g/mol. The van der Waals surface area contributed by atoms with Gasteiger partial charge in [-0.25, -0.2) is 9.97 Å². The average Bonchev–Trinajstić information content (AvgIpc) is 2.83. The number of halogens is 3. The van der Waals surface area contributed by atoms with E-state index in [1.54, 1.807) is 12.1 Å². The van der Waals surface area contributed by atoms with Crippen molar-refractivity contribution in [2.45, 2.75) is 19.5 Å². The van der Waals surface area contributed by atoms with Crippen LogP contribution in [-0.2, 0) is 6.18 Å². The minimum Gasteiger partial charge on any atom is -0.359 e. The number of aryl methyl sites for hydroxylation is 1. The van der Waals surface area contributed by atoms with Crippen LogP contribution in [0, 0.1) is 6.92 Å². The van der Waals surface area contributed by atoms with Gasteiger partial charge in [-0.2, -0.15) is 13.2 Å². The molecule has 1 heterocycles. The quantitative estimate of drug-likeness (QED) is 0.297. The molecule has 0 aliphatic rings. The van der Waals surface area contributed by atoms with E-state index in [1.165, 1.54) is 12.1 Å². The summed E-state index contributed by atoms with van der Waals surface area (Å²) in [4.78, 5) is 14.1. The lowest BCUT2D eigenvalue weighted by atomic mass is 10.0. The number of hydrogen-bond donors (Lipinski definition) is 0. The molecule has 182 valence electrons. The van der Waals surface area contributed by atoms with Crippen LogP contribution in [0.2, 0.25) is 0 Å². The van der Waals surface area contributed by atoms with Crippen LogP contribution in [0.4, 0.5) is 19.0 Å². The van der Waals surface area contributed by atoms with E-state index < -0.39 is 11.7 Å². The molecule has 0 N–H and O–H groups in total. The highest BCUT2D eigenvalue weighted by Gasteiger charge is 2.30. The highest BCUT2D eigenvalue weighted by atomic mass is 19.4. The monoisotopic (exact) mass is 478 g/mol. The summed E-state index contributed by atoms with van der Waals surface area (Å²) in [5.74, 6) is 1.40. The Kier molecular flexibility index (Phi) is 7.08. The van der Waals surface area contributed by atoms with Gasteiger partial charge in [-0.3, -0.25) is 0 Å². The number of anilines is 1. The van der Waals surface area contributed by atoms with Crippen molar-refractivity contribution in [3.05, 3.63) is 77.9 Å². The van der Waals surface area contributed by atoms with Gasteiger partial charge in [0.05, 0.1) is 11.1 Å². The SMILES string of the molecule is Cc1cccc2c(N(C)CCCN(C)C)nc(-c3cccc(-c4cccc(C(F)(F)F)c4)c3)nc12. The molecule has 0 saturated heterocycles. The maximum atomic E-state index is 13.2. The van der Waals surface area contributed by atoms with E-state index in [-0.39, 0.29) is 0 Å². The predicted molar refractivity (Wildman–Crippen MR) is 137 cm³/mol. The summed E-state index contributed by atoms with van der Waals surface area (Å²) in [6.45, 7) is 3.83.